The number of ether oxygens (including phenoxy) is 1. The second-order valence-corrected chi connectivity index (χ2v) is 12.7. The van der Waals surface area contributed by atoms with Crippen molar-refractivity contribution in [3.8, 4) is 0 Å². The standard InChI is InChI=1S/C18H33NO3Si/c1-7-23(8-2,9-3)22-16-10-14-12-19(13-15(14)11-16)17(20)21-18(4,5)6/h10,14-15H,7-9,11-13H2,1-6H3/t14-,15+/m1/s1. The van der Waals surface area contributed by atoms with Crippen LogP contribution in [-0.4, -0.2) is 38.0 Å². The van der Waals surface area contributed by atoms with E-state index in [1.807, 2.05) is 25.7 Å². The number of hydrogen-bond donors (Lipinski definition) is 0. The quantitative estimate of drug-likeness (QED) is 0.677. The number of amides is 1. The molecule has 1 saturated heterocycles. The van der Waals surface area contributed by atoms with Crippen LogP contribution >= 0.6 is 0 Å². The lowest BCUT2D eigenvalue weighted by Crippen LogP contribution is -2.36. The van der Waals surface area contributed by atoms with E-state index in [-0.39, 0.29) is 6.09 Å². The van der Waals surface area contributed by atoms with Crippen LogP contribution in [0.3, 0.4) is 0 Å². The van der Waals surface area contributed by atoms with Crippen molar-refractivity contribution in [2.75, 3.05) is 13.1 Å². The summed E-state index contributed by atoms with van der Waals surface area (Å²) in [6.07, 6.45) is 3.10. The molecule has 2 aliphatic rings. The van der Waals surface area contributed by atoms with Gasteiger partial charge in [-0.2, -0.15) is 0 Å². The van der Waals surface area contributed by atoms with Crippen LogP contribution < -0.4 is 0 Å². The zero-order valence-electron chi connectivity index (χ0n) is 15.6. The molecule has 1 amide bonds. The van der Waals surface area contributed by atoms with Gasteiger partial charge in [-0.15, -0.1) is 0 Å². The smallest absolute Gasteiger partial charge is 0.410 e. The van der Waals surface area contributed by atoms with Gasteiger partial charge in [-0.1, -0.05) is 20.8 Å². The number of hydrogen-bond acceptors (Lipinski definition) is 3. The van der Waals surface area contributed by atoms with Gasteiger partial charge in [0, 0.05) is 25.4 Å². The summed E-state index contributed by atoms with van der Waals surface area (Å²) in [5.41, 5.74) is -0.423. The molecule has 132 valence electrons. The number of nitrogens with zero attached hydrogens (tertiary/aromatic N) is 1. The fraction of sp³-hybridized carbons (Fsp3) is 0.833. The van der Waals surface area contributed by atoms with Crippen molar-refractivity contribution in [3.63, 3.8) is 0 Å². The van der Waals surface area contributed by atoms with Crippen molar-refractivity contribution in [2.45, 2.75) is 71.7 Å². The van der Waals surface area contributed by atoms with Gasteiger partial charge >= 0.3 is 6.09 Å². The van der Waals surface area contributed by atoms with Crippen LogP contribution in [0.5, 0.6) is 0 Å². The Hall–Kier alpha value is -0.973. The molecule has 0 aromatic carbocycles. The normalized spacial score (nSPS) is 24.4. The Morgan fingerprint density at radius 3 is 2.30 bits per heavy atom. The largest absolute Gasteiger partial charge is 0.547 e. The Balaban J connectivity index is 1.94. The molecule has 23 heavy (non-hydrogen) atoms. The molecule has 0 saturated carbocycles. The molecular weight excluding hydrogens is 306 g/mol. The van der Waals surface area contributed by atoms with Gasteiger partial charge in [-0.05, 0) is 50.9 Å². The maximum Gasteiger partial charge on any atom is 0.410 e. The highest BCUT2D eigenvalue weighted by Gasteiger charge is 2.42. The first-order chi connectivity index (χ1) is 10.7. The summed E-state index contributed by atoms with van der Waals surface area (Å²) in [4.78, 5) is 14.1. The second kappa shape index (κ2) is 6.87. The van der Waals surface area contributed by atoms with Gasteiger partial charge in [0.05, 0.1) is 5.76 Å². The highest BCUT2D eigenvalue weighted by atomic mass is 28.4. The van der Waals surface area contributed by atoms with E-state index < -0.39 is 13.9 Å². The maximum absolute atomic E-state index is 12.2. The number of rotatable bonds is 5. The van der Waals surface area contributed by atoms with Gasteiger partial charge in [0.1, 0.15) is 5.60 Å². The van der Waals surface area contributed by atoms with Gasteiger partial charge < -0.3 is 14.1 Å². The number of carbonyl (C=O) groups is 1. The molecule has 1 fully saturated rings. The van der Waals surface area contributed by atoms with Crippen LogP contribution in [0.2, 0.25) is 18.1 Å². The lowest BCUT2D eigenvalue weighted by Gasteiger charge is -2.30. The molecule has 2 rings (SSSR count). The fourth-order valence-electron chi connectivity index (χ4n) is 3.66. The second-order valence-electron chi connectivity index (χ2n) is 7.99. The molecular formula is C18H33NO3Si. The highest BCUT2D eigenvalue weighted by molar-refractivity contribution is 6.73. The molecule has 1 aliphatic carbocycles. The highest BCUT2D eigenvalue weighted by Crippen LogP contribution is 2.40. The maximum atomic E-state index is 12.2. The molecule has 0 aromatic rings. The van der Waals surface area contributed by atoms with Crippen molar-refractivity contribution in [1.82, 2.24) is 4.90 Å². The minimum atomic E-state index is -1.57. The van der Waals surface area contributed by atoms with Crippen LogP contribution in [0, 0.1) is 11.8 Å². The first-order valence-electron chi connectivity index (χ1n) is 9.09. The zero-order chi connectivity index (χ0) is 17.3. The van der Waals surface area contributed by atoms with E-state index in [2.05, 4.69) is 26.8 Å². The predicted molar refractivity (Wildman–Crippen MR) is 95.8 cm³/mol. The van der Waals surface area contributed by atoms with E-state index in [1.54, 1.807) is 0 Å². The molecule has 0 spiro atoms. The summed E-state index contributed by atoms with van der Waals surface area (Å²) in [6.45, 7) is 14.1. The van der Waals surface area contributed by atoms with Crippen LogP contribution in [0.4, 0.5) is 4.79 Å². The molecule has 0 aromatic heterocycles. The first kappa shape index (κ1) is 18.4. The topological polar surface area (TPSA) is 38.8 Å². The molecule has 0 N–H and O–H groups in total. The van der Waals surface area contributed by atoms with Crippen molar-refractivity contribution >= 4 is 14.4 Å². The minimum Gasteiger partial charge on any atom is -0.547 e. The first-order valence-corrected chi connectivity index (χ1v) is 11.6. The molecule has 1 aliphatic heterocycles. The summed E-state index contributed by atoms with van der Waals surface area (Å²) < 4.78 is 12.0. The van der Waals surface area contributed by atoms with Crippen molar-refractivity contribution < 1.29 is 14.0 Å². The zero-order valence-corrected chi connectivity index (χ0v) is 16.6. The lowest BCUT2D eigenvalue weighted by atomic mass is 10.0. The van der Waals surface area contributed by atoms with E-state index in [0.717, 1.165) is 19.5 Å². The third kappa shape index (κ3) is 4.31. The van der Waals surface area contributed by atoms with E-state index in [0.29, 0.717) is 11.8 Å². The number of likely N-dealkylation sites (tertiary alicyclic amines) is 1. The van der Waals surface area contributed by atoms with E-state index >= 15 is 0 Å². The summed E-state index contributed by atoms with van der Waals surface area (Å²) in [5.74, 6) is 2.14. The molecule has 1 heterocycles. The molecule has 4 nitrogen and oxygen atoms in total. The Labute approximate surface area is 142 Å². The van der Waals surface area contributed by atoms with Crippen LogP contribution in [0.1, 0.15) is 48.0 Å². The number of fused-ring (bicyclic) bond motifs is 1. The van der Waals surface area contributed by atoms with Gasteiger partial charge in [-0.3, -0.25) is 0 Å². The Morgan fingerprint density at radius 1 is 1.22 bits per heavy atom. The van der Waals surface area contributed by atoms with E-state index in [1.165, 1.54) is 23.9 Å². The van der Waals surface area contributed by atoms with E-state index in [4.69, 9.17) is 9.16 Å². The van der Waals surface area contributed by atoms with Crippen LogP contribution in [0.15, 0.2) is 11.8 Å². The average Bonchev–Trinajstić information content (AvgIpc) is 3.01. The fourth-order valence-corrected chi connectivity index (χ4v) is 6.30. The number of carbonyl (C=O) groups excluding carboxylic acids is 1. The minimum absolute atomic E-state index is 0.179. The Morgan fingerprint density at radius 2 is 1.83 bits per heavy atom. The third-order valence-corrected chi connectivity index (χ3v) is 9.85. The van der Waals surface area contributed by atoms with Crippen molar-refractivity contribution in [2.24, 2.45) is 11.8 Å². The Kier molecular flexibility index (Phi) is 5.49. The van der Waals surface area contributed by atoms with Gasteiger partial charge in [0.2, 0.25) is 8.32 Å². The molecule has 0 radical (unpaired) electrons. The predicted octanol–water partition coefficient (Wildman–Crippen LogP) is 4.78. The van der Waals surface area contributed by atoms with Crippen molar-refractivity contribution in [3.05, 3.63) is 11.8 Å². The summed E-state index contributed by atoms with van der Waals surface area (Å²) in [7, 11) is -1.57. The third-order valence-electron chi connectivity index (χ3n) is 5.29. The summed E-state index contributed by atoms with van der Waals surface area (Å²) in [5, 5.41) is 0. The lowest BCUT2D eigenvalue weighted by molar-refractivity contribution is 0.0284. The monoisotopic (exact) mass is 339 g/mol. The SMILES string of the molecule is CC[Si](CC)(CC)OC1=C[C@@H]2CN(C(=O)OC(C)(C)C)C[C@@H]2C1. The summed E-state index contributed by atoms with van der Waals surface area (Å²) in [6, 6.07) is 3.53. The average molecular weight is 340 g/mol. The van der Waals surface area contributed by atoms with Crippen molar-refractivity contribution in [1.29, 1.82) is 0 Å². The van der Waals surface area contributed by atoms with Gasteiger partial charge in [-0.25, -0.2) is 4.79 Å². The van der Waals surface area contributed by atoms with Gasteiger partial charge in [0.15, 0.2) is 0 Å². The Bertz CT molecular complexity index is 457. The molecule has 5 heteroatoms. The van der Waals surface area contributed by atoms with Crippen LogP contribution in [0.25, 0.3) is 0 Å². The summed E-state index contributed by atoms with van der Waals surface area (Å²) >= 11 is 0. The molecule has 0 unspecified atom stereocenters. The molecule has 0 bridgehead atoms. The van der Waals surface area contributed by atoms with E-state index in [9.17, 15) is 4.79 Å². The molecule has 2 atom stereocenters. The van der Waals surface area contributed by atoms with Gasteiger partial charge in [0.25, 0.3) is 0 Å². The number of allylic oxidation sites excluding steroid dienone is 1. The van der Waals surface area contributed by atoms with Crippen LogP contribution in [-0.2, 0) is 9.16 Å².